The van der Waals surface area contributed by atoms with Gasteiger partial charge in [0.05, 0.1) is 12.1 Å². The number of ether oxygens (including phenoxy) is 1. The van der Waals surface area contributed by atoms with E-state index in [1.54, 1.807) is 18.9 Å². The van der Waals surface area contributed by atoms with Crippen LogP contribution in [0.4, 0.5) is 4.79 Å². The molecule has 7 heteroatoms. The van der Waals surface area contributed by atoms with E-state index in [0.717, 1.165) is 12.8 Å². The Bertz CT molecular complexity index is 412. The lowest BCUT2D eigenvalue weighted by Crippen LogP contribution is -2.53. The summed E-state index contributed by atoms with van der Waals surface area (Å²) in [6.07, 6.45) is 1.62. The second-order valence-electron chi connectivity index (χ2n) is 5.94. The number of carboxylic acid groups (broad SMARTS) is 1. The molecule has 0 aliphatic carbocycles. The van der Waals surface area contributed by atoms with Gasteiger partial charge in [0, 0.05) is 26.5 Å². The zero-order valence-corrected chi connectivity index (χ0v) is 12.8. The van der Waals surface area contributed by atoms with Gasteiger partial charge in [-0.2, -0.15) is 0 Å². The van der Waals surface area contributed by atoms with Crippen molar-refractivity contribution in [2.24, 2.45) is 5.92 Å². The van der Waals surface area contributed by atoms with E-state index in [1.165, 1.54) is 0 Å². The third-order valence-corrected chi connectivity index (χ3v) is 3.74. The minimum absolute atomic E-state index is 0.0213. The second kappa shape index (κ2) is 7.40. The summed E-state index contributed by atoms with van der Waals surface area (Å²) in [6, 6.07) is -0.439. The van der Waals surface area contributed by atoms with Crippen molar-refractivity contribution in [3.8, 4) is 0 Å². The minimum atomic E-state index is -0.950. The van der Waals surface area contributed by atoms with Gasteiger partial charge >= 0.3 is 12.0 Å². The van der Waals surface area contributed by atoms with Crippen LogP contribution in [-0.2, 0) is 14.3 Å². The highest BCUT2D eigenvalue weighted by molar-refractivity contribution is 5.94. The summed E-state index contributed by atoms with van der Waals surface area (Å²) in [6.45, 7) is 4.63. The van der Waals surface area contributed by atoms with Crippen molar-refractivity contribution < 1.29 is 24.2 Å². The van der Waals surface area contributed by atoms with Gasteiger partial charge in [0.25, 0.3) is 0 Å². The summed E-state index contributed by atoms with van der Waals surface area (Å²) >= 11 is 0. The monoisotopic (exact) mass is 300 g/mol. The van der Waals surface area contributed by atoms with Crippen molar-refractivity contribution in [2.75, 3.05) is 20.2 Å². The van der Waals surface area contributed by atoms with Gasteiger partial charge in [-0.25, -0.2) is 4.79 Å². The number of amides is 3. The van der Waals surface area contributed by atoms with Gasteiger partial charge in [-0.05, 0) is 25.7 Å². The number of carbonyl (C=O) groups is 3. The Morgan fingerprint density at radius 3 is 2.62 bits per heavy atom. The number of hydrogen-bond donors (Lipinski definition) is 2. The summed E-state index contributed by atoms with van der Waals surface area (Å²) < 4.78 is 5.40. The summed E-state index contributed by atoms with van der Waals surface area (Å²) in [7, 11) is 1.61. The molecule has 7 nitrogen and oxygen atoms in total. The summed E-state index contributed by atoms with van der Waals surface area (Å²) in [4.78, 5) is 35.9. The summed E-state index contributed by atoms with van der Waals surface area (Å²) in [5.41, 5.74) is -0.380. The molecule has 1 heterocycles. The standard InChI is InChI=1S/C14H24N2O5/c1-10(8-12(18)19)7-11(17)15-13(20)16-6-4-5-14(2,9-16)21-3/h10H,4-9H2,1-3H3,(H,18,19)(H,15,17,20). The number of nitrogens with zero attached hydrogens (tertiary/aromatic N) is 1. The maximum Gasteiger partial charge on any atom is 0.324 e. The molecule has 1 rings (SSSR count). The Labute approximate surface area is 124 Å². The van der Waals surface area contributed by atoms with Gasteiger partial charge in [0.15, 0.2) is 0 Å². The molecule has 0 aromatic rings. The van der Waals surface area contributed by atoms with E-state index in [0.29, 0.717) is 13.1 Å². The number of rotatable bonds is 5. The van der Waals surface area contributed by atoms with E-state index in [1.807, 2.05) is 6.92 Å². The number of urea groups is 1. The normalized spacial score (nSPS) is 23.5. The largest absolute Gasteiger partial charge is 0.481 e. The van der Waals surface area contributed by atoms with Crippen molar-refractivity contribution in [3.63, 3.8) is 0 Å². The molecule has 1 saturated heterocycles. The lowest BCUT2D eigenvalue weighted by atomic mass is 9.95. The highest BCUT2D eigenvalue weighted by Gasteiger charge is 2.33. The Kier molecular flexibility index (Phi) is 6.14. The van der Waals surface area contributed by atoms with Crippen LogP contribution in [0.2, 0.25) is 0 Å². The van der Waals surface area contributed by atoms with Crippen LogP contribution >= 0.6 is 0 Å². The zero-order valence-electron chi connectivity index (χ0n) is 12.8. The molecule has 2 atom stereocenters. The SMILES string of the molecule is COC1(C)CCCN(C(=O)NC(=O)CC(C)CC(=O)O)C1. The number of nitrogens with one attached hydrogen (secondary N) is 1. The van der Waals surface area contributed by atoms with Crippen LogP contribution < -0.4 is 5.32 Å². The van der Waals surface area contributed by atoms with Gasteiger partial charge in [0.1, 0.15) is 0 Å². The average molecular weight is 300 g/mol. The molecular weight excluding hydrogens is 276 g/mol. The Morgan fingerprint density at radius 1 is 1.38 bits per heavy atom. The van der Waals surface area contributed by atoms with Crippen LogP contribution in [0.5, 0.6) is 0 Å². The topological polar surface area (TPSA) is 95.9 Å². The molecule has 21 heavy (non-hydrogen) atoms. The molecule has 0 radical (unpaired) electrons. The quantitative estimate of drug-likeness (QED) is 0.796. The molecule has 0 spiro atoms. The second-order valence-corrected chi connectivity index (χ2v) is 5.94. The number of imide groups is 1. The number of carboxylic acids is 1. The maximum absolute atomic E-state index is 12.0. The van der Waals surface area contributed by atoms with Crippen molar-refractivity contribution in [1.29, 1.82) is 0 Å². The van der Waals surface area contributed by atoms with E-state index < -0.39 is 17.9 Å². The van der Waals surface area contributed by atoms with Crippen LogP contribution in [-0.4, -0.2) is 53.7 Å². The third-order valence-electron chi connectivity index (χ3n) is 3.74. The molecule has 0 bridgehead atoms. The summed E-state index contributed by atoms with van der Waals surface area (Å²) in [5, 5.41) is 11.0. The van der Waals surface area contributed by atoms with Crippen molar-refractivity contribution in [3.05, 3.63) is 0 Å². The fourth-order valence-electron chi connectivity index (χ4n) is 2.48. The Hall–Kier alpha value is -1.63. The van der Waals surface area contributed by atoms with E-state index in [2.05, 4.69) is 5.32 Å². The smallest absolute Gasteiger partial charge is 0.324 e. The van der Waals surface area contributed by atoms with Crippen LogP contribution in [0.3, 0.4) is 0 Å². The van der Waals surface area contributed by atoms with Gasteiger partial charge in [-0.3, -0.25) is 14.9 Å². The molecule has 0 aromatic heterocycles. The van der Waals surface area contributed by atoms with E-state index in [4.69, 9.17) is 9.84 Å². The average Bonchev–Trinajstić information content (AvgIpc) is 2.37. The molecule has 1 aliphatic rings. The minimum Gasteiger partial charge on any atom is -0.481 e. The maximum atomic E-state index is 12.0. The van der Waals surface area contributed by atoms with Crippen molar-refractivity contribution in [2.45, 2.75) is 45.1 Å². The first-order valence-electron chi connectivity index (χ1n) is 7.11. The number of methoxy groups -OCH3 is 1. The molecule has 120 valence electrons. The molecule has 2 N–H and O–H groups in total. The van der Waals surface area contributed by atoms with Gasteiger partial charge < -0.3 is 14.7 Å². The number of piperidine rings is 1. The lowest BCUT2D eigenvalue weighted by Gasteiger charge is -2.39. The molecule has 2 unspecified atom stereocenters. The molecule has 1 fully saturated rings. The van der Waals surface area contributed by atoms with Crippen LogP contribution in [0.1, 0.15) is 39.5 Å². The van der Waals surface area contributed by atoms with E-state index >= 15 is 0 Å². The number of aliphatic carboxylic acids is 1. The third kappa shape index (κ3) is 5.71. The fourth-order valence-corrected chi connectivity index (χ4v) is 2.48. The molecule has 3 amide bonds. The predicted octanol–water partition coefficient (Wildman–Crippen LogP) is 1.22. The Balaban J connectivity index is 2.45. The van der Waals surface area contributed by atoms with Crippen LogP contribution in [0.25, 0.3) is 0 Å². The lowest BCUT2D eigenvalue weighted by molar-refractivity contribution is -0.138. The van der Waals surface area contributed by atoms with Gasteiger partial charge in [-0.1, -0.05) is 6.92 Å². The van der Waals surface area contributed by atoms with Crippen LogP contribution in [0, 0.1) is 5.92 Å². The fraction of sp³-hybridized carbons (Fsp3) is 0.786. The van der Waals surface area contributed by atoms with Gasteiger partial charge in [0.2, 0.25) is 5.91 Å². The number of carbonyl (C=O) groups excluding carboxylic acids is 2. The van der Waals surface area contributed by atoms with Gasteiger partial charge in [-0.15, -0.1) is 0 Å². The van der Waals surface area contributed by atoms with E-state index in [9.17, 15) is 14.4 Å². The predicted molar refractivity (Wildman–Crippen MR) is 75.8 cm³/mol. The Morgan fingerprint density at radius 2 is 2.05 bits per heavy atom. The molecule has 0 saturated carbocycles. The van der Waals surface area contributed by atoms with Crippen LogP contribution in [0.15, 0.2) is 0 Å². The van der Waals surface area contributed by atoms with Crippen molar-refractivity contribution >= 4 is 17.9 Å². The number of likely N-dealkylation sites (tertiary alicyclic amines) is 1. The molecule has 1 aliphatic heterocycles. The molecular formula is C14H24N2O5. The summed E-state index contributed by atoms with van der Waals surface area (Å²) in [5.74, 6) is -1.70. The van der Waals surface area contributed by atoms with Crippen molar-refractivity contribution in [1.82, 2.24) is 10.2 Å². The number of hydrogen-bond acceptors (Lipinski definition) is 4. The first kappa shape index (κ1) is 17.4. The highest BCUT2D eigenvalue weighted by atomic mass is 16.5. The molecule has 0 aromatic carbocycles. The van der Waals surface area contributed by atoms with E-state index in [-0.39, 0.29) is 24.4 Å². The highest BCUT2D eigenvalue weighted by Crippen LogP contribution is 2.23. The first-order chi connectivity index (χ1) is 9.75. The zero-order chi connectivity index (χ0) is 16.0. The first-order valence-corrected chi connectivity index (χ1v) is 7.11.